The quantitative estimate of drug-likeness (QED) is 0.424. The molecule has 6 nitrogen and oxygen atoms in total. The molecule has 1 aliphatic heterocycles. The molecule has 1 saturated heterocycles. The van der Waals surface area contributed by atoms with Crippen LogP contribution in [0.4, 0.5) is 5.82 Å². The molecule has 2 aromatic heterocycles. The maximum atomic E-state index is 13.1. The van der Waals surface area contributed by atoms with E-state index in [1.807, 2.05) is 13.0 Å². The number of fused-ring (bicyclic) bond motifs is 1. The van der Waals surface area contributed by atoms with E-state index in [1.165, 1.54) is 16.2 Å². The summed E-state index contributed by atoms with van der Waals surface area (Å²) in [5.74, 6) is 0.268. The Kier molecular flexibility index (Phi) is 6.31. The fourth-order valence-corrected chi connectivity index (χ4v) is 4.18. The molecule has 2 aromatic rings. The molecule has 0 aromatic carbocycles. The summed E-state index contributed by atoms with van der Waals surface area (Å²) in [5.41, 5.74) is 1.56. The lowest BCUT2D eigenvalue weighted by atomic mass is 10.2. The lowest BCUT2D eigenvalue weighted by molar-refractivity contribution is -0.122. The zero-order chi connectivity index (χ0) is 20.3. The van der Waals surface area contributed by atoms with E-state index in [-0.39, 0.29) is 11.5 Å². The third-order valence-corrected chi connectivity index (χ3v) is 5.76. The van der Waals surface area contributed by atoms with Crippen LogP contribution >= 0.6 is 24.0 Å². The molecule has 0 spiro atoms. The van der Waals surface area contributed by atoms with Gasteiger partial charge in [0.2, 0.25) is 0 Å². The Bertz CT molecular complexity index is 1040. The number of amides is 1. The van der Waals surface area contributed by atoms with Crippen molar-refractivity contribution in [2.24, 2.45) is 0 Å². The van der Waals surface area contributed by atoms with Crippen LogP contribution in [0.25, 0.3) is 11.7 Å². The molecule has 1 fully saturated rings. The van der Waals surface area contributed by atoms with Crippen molar-refractivity contribution in [2.45, 2.75) is 26.7 Å². The van der Waals surface area contributed by atoms with Crippen LogP contribution in [0, 0.1) is 6.92 Å². The number of thioether (sulfide) groups is 1. The van der Waals surface area contributed by atoms with E-state index in [2.05, 4.69) is 23.8 Å². The number of carbonyl (C=O) groups is 1. The van der Waals surface area contributed by atoms with Gasteiger partial charge in [-0.3, -0.25) is 18.9 Å². The SMILES string of the molecule is C=CCNc1nc2c(C)cccn2c(=O)c1C=C1SC(=S)N(CCCC)C1=O. The summed E-state index contributed by atoms with van der Waals surface area (Å²) < 4.78 is 2.02. The number of carbonyl (C=O) groups excluding carboxylic acids is 1. The average Bonchev–Trinajstić information content (AvgIpc) is 2.94. The van der Waals surface area contributed by atoms with Gasteiger partial charge in [0.15, 0.2) is 0 Å². The molecule has 0 aliphatic carbocycles. The van der Waals surface area contributed by atoms with Crippen molar-refractivity contribution in [3.8, 4) is 0 Å². The van der Waals surface area contributed by atoms with Crippen LogP contribution in [0.5, 0.6) is 0 Å². The van der Waals surface area contributed by atoms with Gasteiger partial charge in [0.05, 0.1) is 10.5 Å². The number of anilines is 1. The summed E-state index contributed by atoms with van der Waals surface area (Å²) in [4.78, 5) is 32.6. The molecule has 1 N–H and O–H groups in total. The Morgan fingerprint density at radius 3 is 2.89 bits per heavy atom. The number of rotatable bonds is 7. The Hall–Kier alpha value is -2.45. The number of nitrogens with one attached hydrogen (secondary N) is 1. The van der Waals surface area contributed by atoms with Crippen molar-refractivity contribution in [2.75, 3.05) is 18.4 Å². The minimum absolute atomic E-state index is 0.160. The maximum Gasteiger partial charge on any atom is 0.267 e. The first-order chi connectivity index (χ1) is 13.5. The average molecular weight is 415 g/mol. The Labute approximate surface area is 173 Å². The molecule has 1 amide bonds. The van der Waals surface area contributed by atoms with E-state index in [1.54, 1.807) is 29.3 Å². The fraction of sp³-hybridized carbons (Fsp3) is 0.300. The van der Waals surface area contributed by atoms with Crippen LogP contribution in [-0.2, 0) is 4.79 Å². The minimum Gasteiger partial charge on any atom is -0.366 e. The summed E-state index contributed by atoms with van der Waals surface area (Å²) in [5, 5.41) is 3.11. The van der Waals surface area contributed by atoms with Crippen molar-refractivity contribution in [3.63, 3.8) is 0 Å². The van der Waals surface area contributed by atoms with Gasteiger partial charge in [-0.25, -0.2) is 4.98 Å². The van der Waals surface area contributed by atoms with Gasteiger partial charge in [-0.2, -0.15) is 0 Å². The molecule has 3 heterocycles. The lowest BCUT2D eigenvalue weighted by Crippen LogP contribution is -2.29. The molecule has 3 rings (SSSR count). The normalized spacial score (nSPS) is 15.6. The van der Waals surface area contributed by atoms with Gasteiger partial charge in [-0.05, 0) is 31.1 Å². The van der Waals surface area contributed by atoms with Crippen LogP contribution in [-0.4, -0.2) is 37.6 Å². The van der Waals surface area contributed by atoms with Gasteiger partial charge in [-0.15, -0.1) is 6.58 Å². The fourth-order valence-electron chi connectivity index (χ4n) is 2.89. The lowest BCUT2D eigenvalue weighted by Gasteiger charge is -2.13. The van der Waals surface area contributed by atoms with Gasteiger partial charge < -0.3 is 5.32 Å². The third-order valence-electron chi connectivity index (χ3n) is 4.38. The monoisotopic (exact) mass is 414 g/mol. The predicted octanol–water partition coefficient (Wildman–Crippen LogP) is 3.60. The van der Waals surface area contributed by atoms with E-state index >= 15 is 0 Å². The highest BCUT2D eigenvalue weighted by Crippen LogP contribution is 2.33. The Morgan fingerprint density at radius 1 is 1.39 bits per heavy atom. The van der Waals surface area contributed by atoms with Gasteiger partial charge in [0.1, 0.15) is 15.8 Å². The third kappa shape index (κ3) is 3.88. The number of unbranched alkanes of at least 4 members (excludes halogenated alkanes) is 1. The second-order valence-corrected chi connectivity index (χ2v) is 8.10. The molecule has 0 atom stereocenters. The van der Waals surface area contributed by atoms with Gasteiger partial charge >= 0.3 is 0 Å². The van der Waals surface area contributed by atoms with Crippen LogP contribution in [0.1, 0.15) is 30.9 Å². The van der Waals surface area contributed by atoms with Crippen LogP contribution in [0.2, 0.25) is 0 Å². The van der Waals surface area contributed by atoms with E-state index in [0.717, 1.165) is 18.4 Å². The second-order valence-electron chi connectivity index (χ2n) is 6.42. The molecular weight excluding hydrogens is 392 g/mol. The predicted molar refractivity (Wildman–Crippen MR) is 120 cm³/mol. The zero-order valence-corrected chi connectivity index (χ0v) is 17.5. The standard InChI is InChI=1S/C20H22N4O2S2/c1-4-6-10-24-19(26)15(28-20(24)27)12-14-16(21-9-5-2)22-17-13(3)8-7-11-23(17)18(14)25/h5,7-8,11-12,21H,2,4,6,9-10H2,1,3H3. The molecule has 0 unspecified atom stereocenters. The molecule has 0 bridgehead atoms. The summed E-state index contributed by atoms with van der Waals surface area (Å²) in [6.45, 7) is 8.71. The molecule has 8 heteroatoms. The summed E-state index contributed by atoms with van der Waals surface area (Å²) in [6.07, 6.45) is 6.82. The van der Waals surface area contributed by atoms with E-state index in [4.69, 9.17) is 12.2 Å². The molecule has 28 heavy (non-hydrogen) atoms. The van der Waals surface area contributed by atoms with E-state index in [9.17, 15) is 9.59 Å². The number of aromatic nitrogens is 2. The van der Waals surface area contributed by atoms with Crippen molar-refractivity contribution >= 4 is 51.7 Å². The minimum atomic E-state index is -0.237. The smallest absolute Gasteiger partial charge is 0.267 e. The Morgan fingerprint density at radius 2 is 2.18 bits per heavy atom. The molecule has 1 aliphatic rings. The number of nitrogens with zero attached hydrogens (tertiary/aromatic N) is 3. The second kappa shape index (κ2) is 8.70. The molecule has 0 radical (unpaired) electrons. The number of aryl methyl sites for hydroxylation is 1. The summed E-state index contributed by atoms with van der Waals surface area (Å²) in [6, 6.07) is 3.70. The topological polar surface area (TPSA) is 66.7 Å². The van der Waals surface area contributed by atoms with Crippen LogP contribution in [0.3, 0.4) is 0 Å². The highest BCUT2D eigenvalue weighted by atomic mass is 32.2. The summed E-state index contributed by atoms with van der Waals surface area (Å²) >= 11 is 6.58. The van der Waals surface area contributed by atoms with Crippen LogP contribution < -0.4 is 10.9 Å². The highest BCUT2D eigenvalue weighted by molar-refractivity contribution is 8.26. The van der Waals surface area contributed by atoms with E-state index < -0.39 is 0 Å². The van der Waals surface area contributed by atoms with Crippen LogP contribution in [0.15, 0.2) is 40.7 Å². The molecular formula is C20H22N4O2S2. The van der Waals surface area contributed by atoms with Crippen molar-refractivity contribution in [1.82, 2.24) is 14.3 Å². The van der Waals surface area contributed by atoms with Gasteiger partial charge in [-0.1, -0.05) is 49.5 Å². The van der Waals surface area contributed by atoms with Gasteiger partial charge in [0.25, 0.3) is 11.5 Å². The largest absolute Gasteiger partial charge is 0.366 e. The van der Waals surface area contributed by atoms with E-state index in [0.29, 0.717) is 39.3 Å². The van der Waals surface area contributed by atoms with Crippen molar-refractivity contribution < 1.29 is 4.79 Å². The number of pyridine rings is 1. The van der Waals surface area contributed by atoms with Crippen molar-refractivity contribution in [1.29, 1.82) is 0 Å². The Balaban J connectivity index is 2.11. The maximum absolute atomic E-state index is 13.1. The molecule has 0 saturated carbocycles. The first-order valence-electron chi connectivity index (χ1n) is 9.10. The molecule has 146 valence electrons. The number of hydrogen-bond acceptors (Lipinski definition) is 6. The van der Waals surface area contributed by atoms with Crippen molar-refractivity contribution in [3.05, 3.63) is 57.4 Å². The zero-order valence-electron chi connectivity index (χ0n) is 15.9. The van der Waals surface area contributed by atoms with Gasteiger partial charge in [0, 0.05) is 19.3 Å². The summed E-state index contributed by atoms with van der Waals surface area (Å²) in [7, 11) is 0. The first-order valence-corrected chi connectivity index (χ1v) is 10.3. The first kappa shape index (κ1) is 20.3. The highest BCUT2D eigenvalue weighted by Gasteiger charge is 2.32. The number of hydrogen-bond donors (Lipinski definition) is 1. The number of thiocarbonyl (C=S) groups is 1.